The molecule has 2 heterocycles. The highest BCUT2D eigenvalue weighted by atomic mass is 35.5. The molecule has 0 fully saturated rings. The second-order valence-corrected chi connectivity index (χ2v) is 6.21. The molecule has 6 heteroatoms. The molecule has 3 aromatic rings. The fourth-order valence-electron chi connectivity index (χ4n) is 2.14. The van der Waals surface area contributed by atoms with Crippen molar-refractivity contribution in [2.45, 2.75) is 6.54 Å². The molecular formula is C14H12ClN3OS. The Kier molecular flexibility index (Phi) is 3.38. The minimum Gasteiger partial charge on any atom is -0.409 e. The molecule has 1 aromatic carbocycles. The number of rotatable bonds is 3. The van der Waals surface area contributed by atoms with Crippen molar-refractivity contribution < 1.29 is 5.21 Å². The summed E-state index contributed by atoms with van der Waals surface area (Å²) in [6, 6.07) is 11.7. The summed E-state index contributed by atoms with van der Waals surface area (Å²) in [7, 11) is 0. The first-order valence-corrected chi connectivity index (χ1v) is 7.18. The molecule has 0 spiro atoms. The first-order valence-electron chi connectivity index (χ1n) is 5.98. The maximum Gasteiger partial charge on any atom is 0.170 e. The maximum absolute atomic E-state index is 8.76. The van der Waals surface area contributed by atoms with Gasteiger partial charge in [0.25, 0.3) is 0 Å². The first kappa shape index (κ1) is 13.0. The molecule has 0 amide bonds. The summed E-state index contributed by atoms with van der Waals surface area (Å²) in [6.07, 6.45) is 2.02. The number of thiophene rings is 1. The third-order valence-corrected chi connectivity index (χ3v) is 4.35. The van der Waals surface area contributed by atoms with Gasteiger partial charge in [0.2, 0.25) is 0 Å². The molecule has 0 unspecified atom stereocenters. The molecule has 3 N–H and O–H groups in total. The predicted octanol–water partition coefficient (Wildman–Crippen LogP) is 3.50. The quantitative estimate of drug-likeness (QED) is 0.337. The summed E-state index contributed by atoms with van der Waals surface area (Å²) in [4.78, 5) is 1.18. The van der Waals surface area contributed by atoms with E-state index in [1.54, 1.807) is 11.3 Å². The highest BCUT2D eigenvalue weighted by Crippen LogP contribution is 2.24. The maximum atomic E-state index is 8.76. The Labute approximate surface area is 124 Å². The number of aromatic nitrogens is 1. The zero-order valence-corrected chi connectivity index (χ0v) is 12.0. The Balaban J connectivity index is 2.02. The number of hydrogen-bond donors (Lipinski definition) is 2. The lowest BCUT2D eigenvalue weighted by atomic mass is 10.1. The Morgan fingerprint density at radius 3 is 2.85 bits per heavy atom. The van der Waals surface area contributed by atoms with Crippen molar-refractivity contribution in [3.05, 3.63) is 57.4 Å². The minimum absolute atomic E-state index is 0.110. The monoisotopic (exact) mass is 305 g/mol. The van der Waals surface area contributed by atoms with E-state index in [9.17, 15) is 0 Å². The molecule has 0 atom stereocenters. The third kappa shape index (κ3) is 2.37. The summed E-state index contributed by atoms with van der Waals surface area (Å²) in [5.41, 5.74) is 7.37. The second kappa shape index (κ2) is 5.19. The van der Waals surface area contributed by atoms with Gasteiger partial charge < -0.3 is 15.5 Å². The van der Waals surface area contributed by atoms with Crippen molar-refractivity contribution in [1.82, 2.24) is 4.57 Å². The number of nitrogens with zero attached hydrogens (tertiary/aromatic N) is 2. The van der Waals surface area contributed by atoms with Crippen LogP contribution in [-0.2, 0) is 6.54 Å². The highest BCUT2D eigenvalue weighted by Gasteiger charge is 2.07. The Bertz CT molecular complexity index is 791. The number of hydrogen-bond acceptors (Lipinski definition) is 3. The molecule has 0 saturated heterocycles. The lowest BCUT2D eigenvalue weighted by Crippen LogP contribution is -2.12. The van der Waals surface area contributed by atoms with Gasteiger partial charge in [-0.3, -0.25) is 0 Å². The number of fused-ring (bicyclic) bond motifs is 1. The summed E-state index contributed by atoms with van der Waals surface area (Å²) < 4.78 is 2.90. The van der Waals surface area contributed by atoms with Crippen LogP contribution in [0.2, 0.25) is 4.34 Å². The van der Waals surface area contributed by atoms with Crippen molar-refractivity contribution in [2.75, 3.05) is 0 Å². The van der Waals surface area contributed by atoms with E-state index >= 15 is 0 Å². The zero-order chi connectivity index (χ0) is 14.1. The molecule has 2 aromatic heterocycles. The van der Waals surface area contributed by atoms with Gasteiger partial charge in [-0.05, 0) is 29.7 Å². The fraction of sp³-hybridized carbons (Fsp3) is 0.0714. The van der Waals surface area contributed by atoms with Gasteiger partial charge in [-0.2, -0.15) is 0 Å². The van der Waals surface area contributed by atoms with Crippen molar-refractivity contribution in [3.8, 4) is 0 Å². The van der Waals surface area contributed by atoms with Crippen molar-refractivity contribution in [3.63, 3.8) is 0 Å². The molecular weight excluding hydrogens is 294 g/mol. The number of oxime groups is 1. The molecule has 0 bridgehead atoms. The highest BCUT2D eigenvalue weighted by molar-refractivity contribution is 7.16. The topological polar surface area (TPSA) is 63.5 Å². The van der Waals surface area contributed by atoms with E-state index in [2.05, 4.69) is 9.72 Å². The van der Waals surface area contributed by atoms with Crippen LogP contribution in [0.15, 0.2) is 47.8 Å². The molecule has 3 rings (SSSR count). The van der Waals surface area contributed by atoms with Crippen molar-refractivity contribution in [2.24, 2.45) is 10.9 Å². The normalized spacial score (nSPS) is 12.2. The molecule has 0 saturated carbocycles. The van der Waals surface area contributed by atoms with E-state index in [4.69, 9.17) is 22.5 Å². The lowest BCUT2D eigenvalue weighted by Gasteiger charge is -2.05. The number of nitrogens with two attached hydrogens (primary N) is 1. The molecule has 102 valence electrons. The summed E-state index contributed by atoms with van der Waals surface area (Å²) >= 11 is 7.52. The van der Waals surface area contributed by atoms with Gasteiger partial charge in [0, 0.05) is 22.2 Å². The summed E-state index contributed by atoms with van der Waals surface area (Å²) in [5, 5.41) is 12.9. The molecule has 0 aliphatic heterocycles. The van der Waals surface area contributed by atoms with Crippen LogP contribution in [0, 0.1) is 0 Å². The summed E-state index contributed by atoms with van der Waals surface area (Å²) in [5.74, 6) is 0.110. The molecule has 20 heavy (non-hydrogen) atoms. The van der Waals surface area contributed by atoms with E-state index < -0.39 is 0 Å². The smallest absolute Gasteiger partial charge is 0.170 e. The van der Waals surface area contributed by atoms with E-state index in [1.165, 1.54) is 4.88 Å². The predicted molar refractivity (Wildman–Crippen MR) is 82.9 cm³/mol. The van der Waals surface area contributed by atoms with Gasteiger partial charge in [0.05, 0.1) is 10.9 Å². The lowest BCUT2D eigenvalue weighted by molar-refractivity contribution is 0.318. The van der Waals surface area contributed by atoms with Crippen molar-refractivity contribution >= 4 is 39.7 Å². The first-order chi connectivity index (χ1) is 9.67. The zero-order valence-electron chi connectivity index (χ0n) is 10.5. The third-order valence-electron chi connectivity index (χ3n) is 3.13. The number of benzene rings is 1. The van der Waals surface area contributed by atoms with E-state index in [0.29, 0.717) is 5.56 Å². The average Bonchev–Trinajstić information content (AvgIpc) is 3.05. The van der Waals surface area contributed by atoms with Crippen LogP contribution in [0.3, 0.4) is 0 Å². The largest absolute Gasteiger partial charge is 0.409 e. The Morgan fingerprint density at radius 2 is 2.15 bits per heavy atom. The number of amidine groups is 1. The van der Waals surface area contributed by atoms with Crippen LogP contribution in [0.25, 0.3) is 10.9 Å². The second-order valence-electron chi connectivity index (χ2n) is 4.41. The Hall–Kier alpha value is -1.98. The van der Waals surface area contributed by atoms with E-state index in [-0.39, 0.29) is 5.84 Å². The number of halogens is 1. The van der Waals surface area contributed by atoms with Gasteiger partial charge in [-0.15, -0.1) is 11.3 Å². The van der Waals surface area contributed by atoms with E-state index in [0.717, 1.165) is 21.8 Å². The van der Waals surface area contributed by atoms with Gasteiger partial charge in [0.15, 0.2) is 5.84 Å². The van der Waals surface area contributed by atoms with Gasteiger partial charge >= 0.3 is 0 Å². The van der Waals surface area contributed by atoms with Crippen LogP contribution >= 0.6 is 22.9 Å². The average molecular weight is 306 g/mol. The van der Waals surface area contributed by atoms with Gasteiger partial charge in [-0.1, -0.05) is 28.9 Å². The molecule has 0 aliphatic rings. The minimum atomic E-state index is 0.110. The van der Waals surface area contributed by atoms with Crippen LogP contribution in [-0.4, -0.2) is 15.6 Å². The van der Waals surface area contributed by atoms with Gasteiger partial charge in [-0.25, -0.2) is 0 Å². The van der Waals surface area contributed by atoms with Crippen LogP contribution in [0.1, 0.15) is 10.4 Å². The summed E-state index contributed by atoms with van der Waals surface area (Å²) in [6.45, 7) is 0.751. The fourth-order valence-corrected chi connectivity index (χ4v) is 3.23. The SMILES string of the molecule is N/C(=N/O)c1ccc2ccn(Cc3ccc(Cl)s3)c2c1. The molecule has 4 nitrogen and oxygen atoms in total. The molecule has 0 aliphatic carbocycles. The van der Waals surface area contributed by atoms with Crippen LogP contribution < -0.4 is 5.73 Å². The van der Waals surface area contributed by atoms with Gasteiger partial charge in [0.1, 0.15) is 0 Å². The standard InChI is InChI=1S/C14H12ClN3OS/c15-13-4-3-11(20-13)8-18-6-5-9-1-2-10(7-12(9)18)14(16)17-19/h1-7,19H,8H2,(H2,16,17). The van der Waals surface area contributed by atoms with Crippen LogP contribution in [0.5, 0.6) is 0 Å². The Morgan fingerprint density at radius 1 is 1.30 bits per heavy atom. The van der Waals surface area contributed by atoms with E-state index in [1.807, 2.05) is 42.6 Å². The van der Waals surface area contributed by atoms with Crippen molar-refractivity contribution in [1.29, 1.82) is 0 Å². The molecule has 0 radical (unpaired) electrons. The van der Waals surface area contributed by atoms with Crippen LogP contribution in [0.4, 0.5) is 0 Å².